The smallest absolute Gasteiger partial charge is 0.174 e. The molecule has 150 valence electrons. The van der Waals surface area contributed by atoms with Crippen LogP contribution in [0.1, 0.15) is 22.9 Å². The molecule has 0 spiro atoms. The largest absolute Gasteiger partial charge is 0.493 e. The number of hydrogen-bond donors (Lipinski definition) is 1. The number of benzene rings is 2. The van der Waals surface area contributed by atoms with Gasteiger partial charge in [-0.3, -0.25) is 0 Å². The van der Waals surface area contributed by atoms with Gasteiger partial charge in [0.05, 0.1) is 20.3 Å². The van der Waals surface area contributed by atoms with Crippen LogP contribution in [0.15, 0.2) is 60.8 Å². The van der Waals surface area contributed by atoms with E-state index in [1.54, 1.807) is 14.2 Å². The predicted octanol–water partition coefficient (Wildman–Crippen LogP) is 4.62. The van der Waals surface area contributed by atoms with Crippen molar-refractivity contribution in [3.63, 3.8) is 0 Å². The summed E-state index contributed by atoms with van der Waals surface area (Å²) < 4.78 is 13.2. The van der Waals surface area contributed by atoms with Gasteiger partial charge >= 0.3 is 0 Å². The lowest BCUT2D eigenvalue weighted by atomic mass is 9.99. The van der Waals surface area contributed by atoms with Crippen molar-refractivity contribution in [1.29, 1.82) is 0 Å². The van der Waals surface area contributed by atoms with Gasteiger partial charge in [0.1, 0.15) is 0 Å². The van der Waals surface area contributed by atoms with Crippen molar-refractivity contribution in [3.05, 3.63) is 77.6 Å². The number of nitrogens with one attached hydrogen (secondary N) is 1. The van der Waals surface area contributed by atoms with Gasteiger partial charge in [-0.25, -0.2) is 0 Å². The Labute approximate surface area is 176 Å². The zero-order valence-electron chi connectivity index (χ0n) is 16.9. The first-order valence-electron chi connectivity index (χ1n) is 9.62. The van der Waals surface area contributed by atoms with E-state index in [4.69, 9.17) is 21.7 Å². The molecule has 1 aliphatic rings. The summed E-state index contributed by atoms with van der Waals surface area (Å²) >= 11 is 5.83. The van der Waals surface area contributed by atoms with Crippen molar-refractivity contribution in [2.45, 2.75) is 19.5 Å². The van der Waals surface area contributed by atoms with Gasteiger partial charge in [0, 0.05) is 30.7 Å². The molecule has 1 N–H and O–H groups in total. The number of thiocarbonyl (C=S) groups is 1. The molecule has 2 aromatic carbocycles. The van der Waals surface area contributed by atoms with Gasteiger partial charge in [-0.05, 0) is 61.1 Å². The van der Waals surface area contributed by atoms with Crippen LogP contribution in [0.2, 0.25) is 0 Å². The molecule has 0 saturated heterocycles. The minimum absolute atomic E-state index is 0.0102. The van der Waals surface area contributed by atoms with E-state index >= 15 is 0 Å². The van der Waals surface area contributed by atoms with Gasteiger partial charge in [-0.2, -0.15) is 0 Å². The third kappa shape index (κ3) is 3.80. The molecule has 0 fully saturated rings. The average molecular weight is 408 g/mol. The zero-order valence-corrected chi connectivity index (χ0v) is 17.7. The van der Waals surface area contributed by atoms with Gasteiger partial charge < -0.3 is 24.3 Å². The van der Waals surface area contributed by atoms with Gasteiger partial charge in [0.2, 0.25) is 0 Å². The fraction of sp³-hybridized carbons (Fsp3) is 0.261. The zero-order chi connectivity index (χ0) is 20.4. The minimum Gasteiger partial charge on any atom is -0.493 e. The highest BCUT2D eigenvalue weighted by atomic mass is 32.1. The summed E-state index contributed by atoms with van der Waals surface area (Å²) in [6.45, 7) is 3.79. The molecule has 1 aliphatic heterocycles. The maximum atomic E-state index is 5.83. The van der Waals surface area contributed by atoms with Gasteiger partial charge in [0.15, 0.2) is 16.6 Å². The first-order chi connectivity index (χ1) is 14.1. The van der Waals surface area contributed by atoms with Crippen molar-refractivity contribution in [2.24, 2.45) is 0 Å². The number of rotatable bonds is 4. The maximum Gasteiger partial charge on any atom is 0.174 e. The molecular formula is C23H25N3O2S. The highest BCUT2D eigenvalue weighted by Gasteiger charge is 2.31. The SMILES string of the molecule is COc1ccc([C@@H]2c3cccn3CCN2C(=S)Nc2ccc(C)cc2)cc1OC. The Balaban J connectivity index is 1.69. The van der Waals surface area contributed by atoms with Gasteiger partial charge in [0.25, 0.3) is 0 Å². The Bertz CT molecular complexity index is 1010. The topological polar surface area (TPSA) is 38.7 Å². The second kappa shape index (κ2) is 8.17. The summed E-state index contributed by atoms with van der Waals surface area (Å²) in [5.41, 5.74) is 4.53. The van der Waals surface area contributed by atoms with E-state index < -0.39 is 0 Å². The first kappa shape index (κ1) is 19.3. The molecular weight excluding hydrogens is 382 g/mol. The summed E-state index contributed by atoms with van der Waals surface area (Å²) in [7, 11) is 3.31. The van der Waals surface area contributed by atoms with Crippen molar-refractivity contribution < 1.29 is 9.47 Å². The van der Waals surface area contributed by atoms with Crippen LogP contribution in [0.25, 0.3) is 0 Å². The molecule has 0 unspecified atom stereocenters. The Kier molecular flexibility index (Phi) is 5.45. The molecule has 29 heavy (non-hydrogen) atoms. The van der Waals surface area contributed by atoms with Crippen LogP contribution >= 0.6 is 12.2 Å². The molecule has 1 aromatic heterocycles. The van der Waals surface area contributed by atoms with Crippen molar-refractivity contribution in [1.82, 2.24) is 9.47 Å². The number of hydrogen-bond acceptors (Lipinski definition) is 3. The Morgan fingerprint density at radius 1 is 1.00 bits per heavy atom. The Morgan fingerprint density at radius 2 is 1.76 bits per heavy atom. The lowest BCUT2D eigenvalue weighted by Crippen LogP contribution is -2.44. The van der Waals surface area contributed by atoms with Gasteiger partial charge in [-0.1, -0.05) is 23.8 Å². The van der Waals surface area contributed by atoms with Crippen LogP contribution in [0, 0.1) is 6.92 Å². The molecule has 2 heterocycles. The highest BCUT2D eigenvalue weighted by molar-refractivity contribution is 7.80. The standard InChI is InChI=1S/C23H25N3O2S/c1-16-6-9-18(10-7-16)24-23(29)26-14-13-25-12-4-5-19(25)22(26)17-8-11-20(27-2)21(15-17)28-3/h4-12,15,22H,13-14H2,1-3H3,(H,24,29)/t22-/m1/s1. The van der Waals surface area contributed by atoms with Crippen LogP contribution in [-0.4, -0.2) is 35.3 Å². The van der Waals surface area contributed by atoms with E-state index in [1.165, 1.54) is 11.3 Å². The summed E-state index contributed by atoms with van der Waals surface area (Å²) in [4.78, 5) is 2.24. The van der Waals surface area contributed by atoms with Crippen LogP contribution in [-0.2, 0) is 6.54 Å². The monoisotopic (exact) mass is 407 g/mol. The fourth-order valence-electron chi connectivity index (χ4n) is 3.81. The molecule has 0 amide bonds. The molecule has 3 aromatic rings. The van der Waals surface area contributed by atoms with E-state index in [0.29, 0.717) is 16.6 Å². The van der Waals surface area contributed by atoms with Crippen LogP contribution in [0.5, 0.6) is 11.5 Å². The fourth-order valence-corrected chi connectivity index (χ4v) is 4.12. The molecule has 1 atom stereocenters. The molecule has 5 nitrogen and oxygen atoms in total. The second-order valence-electron chi connectivity index (χ2n) is 7.13. The minimum atomic E-state index is -0.0102. The molecule has 0 radical (unpaired) electrons. The van der Waals surface area contributed by atoms with Crippen molar-refractivity contribution in [2.75, 3.05) is 26.1 Å². The third-order valence-electron chi connectivity index (χ3n) is 5.33. The van der Waals surface area contributed by atoms with Crippen LogP contribution in [0.4, 0.5) is 5.69 Å². The summed E-state index contributed by atoms with van der Waals surface area (Å²) in [5, 5.41) is 4.11. The number of nitrogens with zero attached hydrogens (tertiary/aromatic N) is 2. The van der Waals surface area contributed by atoms with Crippen LogP contribution in [0.3, 0.4) is 0 Å². The highest BCUT2D eigenvalue weighted by Crippen LogP contribution is 2.37. The average Bonchev–Trinajstić information content (AvgIpc) is 3.23. The Morgan fingerprint density at radius 3 is 2.48 bits per heavy atom. The van der Waals surface area contributed by atoms with Crippen molar-refractivity contribution >= 4 is 23.0 Å². The number of fused-ring (bicyclic) bond motifs is 1. The number of methoxy groups -OCH3 is 2. The molecule has 6 heteroatoms. The Hall–Kier alpha value is -2.99. The maximum absolute atomic E-state index is 5.83. The molecule has 0 saturated carbocycles. The summed E-state index contributed by atoms with van der Waals surface area (Å²) in [5.74, 6) is 1.43. The molecule has 0 bridgehead atoms. The quantitative estimate of drug-likeness (QED) is 0.639. The second-order valence-corrected chi connectivity index (χ2v) is 7.52. The van der Waals surface area contributed by atoms with Gasteiger partial charge in [-0.15, -0.1) is 0 Å². The van der Waals surface area contributed by atoms with Crippen molar-refractivity contribution in [3.8, 4) is 11.5 Å². The van der Waals surface area contributed by atoms with E-state index in [-0.39, 0.29) is 6.04 Å². The predicted molar refractivity (Wildman–Crippen MR) is 120 cm³/mol. The number of anilines is 1. The normalized spacial score (nSPS) is 15.6. The summed E-state index contributed by atoms with van der Waals surface area (Å²) in [6, 6.07) is 18.6. The lowest BCUT2D eigenvalue weighted by molar-refractivity contribution is 0.291. The number of ether oxygens (including phenoxy) is 2. The van der Waals surface area contributed by atoms with E-state index in [9.17, 15) is 0 Å². The number of aryl methyl sites for hydroxylation is 1. The lowest BCUT2D eigenvalue weighted by Gasteiger charge is -2.39. The summed E-state index contributed by atoms with van der Waals surface area (Å²) in [6.07, 6.45) is 2.12. The molecule has 0 aliphatic carbocycles. The van der Waals surface area contributed by atoms with E-state index in [1.807, 2.05) is 12.1 Å². The van der Waals surface area contributed by atoms with E-state index in [0.717, 1.165) is 24.3 Å². The first-order valence-corrected chi connectivity index (χ1v) is 10.0. The van der Waals surface area contributed by atoms with Crippen LogP contribution < -0.4 is 14.8 Å². The number of aromatic nitrogens is 1. The third-order valence-corrected chi connectivity index (χ3v) is 5.66. The van der Waals surface area contributed by atoms with E-state index in [2.05, 4.69) is 70.4 Å². The molecule has 4 rings (SSSR count).